The van der Waals surface area contributed by atoms with Crippen molar-refractivity contribution in [1.82, 2.24) is 4.90 Å². The summed E-state index contributed by atoms with van der Waals surface area (Å²) in [6, 6.07) is 10.7. The molecule has 5 saturated heterocycles. The Morgan fingerprint density at radius 1 is 1.00 bits per heavy atom. The number of fused-ring (bicyclic) bond motifs is 2. The standard InChI is InChI=1S/C30H43NO5/c1-20-9-10-25-21(2)26(33-28-30(25)24(20)13-16-29(3,34-28)35-36-30)11-12-27(32)31-17-14-23(15-18-31)19-22-7-5-4-6-8-22/h4-8,20-21,23-26,28H,9-19H2,1-3H3/t20-,21-,24+,25?,26-,28-,29+,30-/m1/s1. The number of carbonyl (C=O) groups is 1. The first-order chi connectivity index (χ1) is 17.4. The van der Waals surface area contributed by atoms with Gasteiger partial charge in [0.2, 0.25) is 11.7 Å². The van der Waals surface area contributed by atoms with Gasteiger partial charge in [-0.05, 0) is 81.1 Å². The third-order valence-electron chi connectivity index (χ3n) is 10.3. The number of benzene rings is 1. The Morgan fingerprint density at radius 3 is 2.56 bits per heavy atom. The van der Waals surface area contributed by atoms with Gasteiger partial charge < -0.3 is 14.4 Å². The van der Waals surface area contributed by atoms with Gasteiger partial charge in [-0.3, -0.25) is 4.79 Å². The maximum Gasteiger partial charge on any atom is 0.222 e. The Hall–Kier alpha value is -1.47. The Labute approximate surface area is 215 Å². The van der Waals surface area contributed by atoms with Gasteiger partial charge in [0.25, 0.3) is 0 Å². The van der Waals surface area contributed by atoms with Gasteiger partial charge in [-0.15, -0.1) is 0 Å². The van der Waals surface area contributed by atoms with Crippen LogP contribution in [0.1, 0.15) is 77.7 Å². The highest BCUT2D eigenvalue weighted by Gasteiger charge is 2.69. The second-order valence-electron chi connectivity index (χ2n) is 12.5. The van der Waals surface area contributed by atoms with Gasteiger partial charge in [-0.2, -0.15) is 0 Å². The van der Waals surface area contributed by atoms with Gasteiger partial charge in [0.1, 0.15) is 0 Å². The molecule has 1 amide bonds. The molecule has 198 valence electrons. The fraction of sp³-hybridized carbons (Fsp3) is 0.767. The van der Waals surface area contributed by atoms with E-state index >= 15 is 0 Å². The molecule has 6 heteroatoms. The number of likely N-dealkylation sites (tertiary alicyclic amines) is 1. The number of hydrogen-bond donors (Lipinski definition) is 0. The average Bonchev–Trinajstić information content (AvgIpc) is 3.12. The minimum absolute atomic E-state index is 0.00537. The first kappa shape index (κ1) is 24.8. The number of carbonyl (C=O) groups excluding carboxylic acids is 1. The number of ether oxygens (including phenoxy) is 2. The highest BCUT2D eigenvalue weighted by molar-refractivity contribution is 5.76. The van der Waals surface area contributed by atoms with E-state index in [-0.39, 0.29) is 12.0 Å². The van der Waals surface area contributed by atoms with Gasteiger partial charge >= 0.3 is 0 Å². The molecule has 1 aromatic carbocycles. The SMILES string of the molecule is C[C@@H]1CCC2[C@@H](C)[C@@H](CCC(=O)N3CCC(Cc4ccccc4)CC3)O[C@@H]3O[C@]4(C)CC[C@@H]1[C@@]23OO4. The summed E-state index contributed by atoms with van der Waals surface area (Å²) in [6.07, 6.45) is 8.35. The van der Waals surface area contributed by atoms with Crippen LogP contribution >= 0.6 is 0 Å². The van der Waals surface area contributed by atoms with Crippen LogP contribution in [-0.4, -0.2) is 47.7 Å². The minimum Gasteiger partial charge on any atom is -0.346 e. The highest BCUT2D eigenvalue weighted by atomic mass is 17.3. The summed E-state index contributed by atoms with van der Waals surface area (Å²) >= 11 is 0. The third-order valence-corrected chi connectivity index (χ3v) is 10.3. The maximum absolute atomic E-state index is 13.2. The Kier molecular flexibility index (Phi) is 6.68. The number of piperidine rings is 1. The molecule has 8 atom stereocenters. The minimum atomic E-state index is -0.747. The molecule has 0 N–H and O–H groups in total. The molecular weight excluding hydrogens is 454 g/mol. The molecule has 2 bridgehead atoms. The lowest BCUT2D eigenvalue weighted by Crippen LogP contribution is -2.70. The Morgan fingerprint density at radius 2 is 1.78 bits per heavy atom. The molecule has 7 rings (SSSR count). The molecule has 1 unspecified atom stereocenters. The van der Waals surface area contributed by atoms with Crippen molar-refractivity contribution >= 4 is 5.91 Å². The molecular formula is C30H43NO5. The van der Waals surface area contributed by atoms with E-state index in [9.17, 15) is 4.79 Å². The van der Waals surface area contributed by atoms with Crippen LogP contribution in [0.25, 0.3) is 0 Å². The normalized spacial score (nSPS) is 42.6. The largest absolute Gasteiger partial charge is 0.346 e. The van der Waals surface area contributed by atoms with Crippen LogP contribution in [0.5, 0.6) is 0 Å². The number of nitrogens with zero attached hydrogens (tertiary/aromatic N) is 1. The highest BCUT2D eigenvalue weighted by Crippen LogP contribution is 2.60. The number of hydrogen-bond acceptors (Lipinski definition) is 5. The van der Waals surface area contributed by atoms with Crippen molar-refractivity contribution in [2.45, 2.75) is 102 Å². The van der Waals surface area contributed by atoms with E-state index in [0.29, 0.717) is 36.0 Å². The second-order valence-corrected chi connectivity index (χ2v) is 12.5. The van der Waals surface area contributed by atoms with Gasteiger partial charge in [0.15, 0.2) is 11.9 Å². The van der Waals surface area contributed by atoms with Crippen molar-refractivity contribution < 1.29 is 24.0 Å². The van der Waals surface area contributed by atoms with Crippen molar-refractivity contribution in [1.29, 1.82) is 0 Å². The molecule has 0 radical (unpaired) electrons. The van der Waals surface area contributed by atoms with Crippen LogP contribution in [0, 0.1) is 29.6 Å². The summed E-state index contributed by atoms with van der Waals surface area (Å²) < 4.78 is 13.2. The van der Waals surface area contributed by atoms with Gasteiger partial charge in [-0.1, -0.05) is 44.2 Å². The molecule has 1 aromatic rings. The average molecular weight is 498 g/mol. The van der Waals surface area contributed by atoms with Crippen molar-refractivity contribution in [2.24, 2.45) is 29.6 Å². The Bertz CT molecular complexity index is 933. The quantitative estimate of drug-likeness (QED) is 0.503. The van der Waals surface area contributed by atoms with Gasteiger partial charge in [-0.25, -0.2) is 9.78 Å². The molecule has 0 aromatic heterocycles. The molecule has 6 fully saturated rings. The summed E-state index contributed by atoms with van der Waals surface area (Å²) in [6.45, 7) is 8.35. The first-order valence-corrected chi connectivity index (χ1v) is 14.4. The second kappa shape index (κ2) is 9.68. The van der Waals surface area contributed by atoms with Crippen LogP contribution in [0.15, 0.2) is 30.3 Å². The monoisotopic (exact) mass is 497 g/mol. The fourth-order valence-electron chi connectivity index (χ4n) is 8.07. The zero-order valence-corrected chi connectivity index (χ0v) is 22.2. The summed E-state index contributed by atoms with van der Waals surface area (Å²) in [7, 11) is 0. The van der Waals surface area contributed by atoms with E-state index in [1.165, 1.54) is 12.0 Å². The molecule has 5 aliphatic heterocycles. The predicted octanol–water partition coefficient (Wildman–Crippen LogP) is 5.50. The van der Waals surface area contributed by atoms with E-state index in [2.05, 4.69) is 49.1 Å². The van der Waals surface area contributed by atoms with Gasteiger partial charge in [0.05, 0.1) is 6.10 Å². The smallest absolute Gasteiger partial charge is 0.222 e. The molecule has 6 aliphatic rings. The van der Waals surface area contributed by atoms with Gasteiger partial charge in [0, 0.05) is 31.8 Å². The zero-order valence-electron chi connectivity index (χ0n) is 22.2. The topological polar surface area (TPSA) is 57.2 Å². The van der Waals surface area contributed by atoms with Crippen LogP contribution in [-0.2, 0) is 30.5 Å². The van der Waals surface area contributed by atoms with Crippen LogP contribution in [0.4, 0.5) is 0 Å². The molecule has 6 nitrogen and oxygen atoms in total. The summed E-state index contributed by atoms with van der Waals surface area (Å²) in [5.41, 5.74) is 0.884. The van der Waals surface area contributed by atoms with Crippen molar-refractivity contribution in [2.75, 3.05) is 13.1 Å². The number of amides is 1. The lowest BCUT2D eigenvalue weighted by atomic mass is 9.57. The summed E-state index contributed by atoms with van der Waals surface area (Å²) in [5.74, 6) is 1.77. The zero-order chi connectivity index (χ0) is 24.9. The first-order valence-electron chi connectivity index (χ1n) is 14.4. The summed E-state index contributed by atoms with van der Waals surface area (Å²) in [4.78, 5) is 27.4. The van der Waals surface area contributed by atoms with Crippen LogP contribution in [0.2, 0.25) is 0 Å². The van der Waals surface area contributed by atoms with E-state index in [1.54, 1.807) is 0 Å². The van der Waals surface area contributed by atoms with Crippen molar-refractivity contribution in [3.63, 3.8) is 0 Å². The predicted molar refractivity (Wildman–Crippen MR) is 136 cm³/mol. The van der Waals surface area contributed by atoms with Crippen LogP contribution in [0.3, 0.4) is 0 Å². The molecule has 1 saturated carbocycles. The Balaban J connectivity index is 1.07. The molecule has 5 heterocycles. The summed E-state index contributed by atoms with van der Waals surface area (Å²) in [5, 5.41) is 0. The van der Waals surface area contributed by atoms with E-state index in [1.807, 2.05) is 6.92 Å². The van der Waals surface area contributed by atoms with Crippen molar-refractivity contribution in [3.8, 4) is 0 Å². The molecule has 1 spiro atoms. The lowest BCUT2D eigenvalue weighted by molar-refractivity contribution is -0.571. The number of rotatable bonds is 5. The lowest BCUT2D eigenvalue weighted by Gasteiger charge is -2.60. The molecule has 36 heavy (non-hydrogen) atoms. The molecule has 1 aliphatic carbocycles. The fourth-order valence-corrected chi connectivity index (χ4v) is 8.07. The van der Waals surface area contributed by atoms with E-state index < -0.39 is 17.7 Å². The van der Waals surface area contributed by atoms with E-state index in [0.717, 1.165) is 58.0 Å². The van der Waals surface area contributed by atoms with Crippen molar-refractivity contribution in [3.05, 3.63) is 35.9 Å². The van der Waals surface area contributed by atoms with Crippen LogP contribution < -0.4 is 0 Å². The maximum atomic E-state index is 13.2. The third kappa shape index (κ3) is 4.32. The van der Waals surface area contributed by atoms with E-state index in [4.69, 9.17) is 19.2 Å².